The lowest BCUT2D eigenvalue weighted by molar-refractivity contribution is -0.384. The molecule has 2 rings (SSSR count). The maximum absolute atomic E-state index is 13.3. The molecular weight excluding hydrogens is 333 g/mol. The molecule has 25 heavy (non-hydrogen) atoms. The number of amides is 2. The number of halogens is 1. The highest BCUT2D eigenvalue weighted by Gasteiger charge is 2.09. The van der Waals surface area contributed by atoms with E-state index in [0.717, 1.165) is 0 Å². The number of benzene rings is 2. The van der Waals surface area contributed by atoms with Crippen LogP contribution in [0.25, 0.3) is 0 Å². The number of non-ortho nitro benzene ring substituents is 1. The minimum absolute atomic E-state index is 0.0742. The molecule has 0 atom stereocenters. The molecule has 0 spiro atoms. The van der Waals surface area contributed by atoms with Crippen molar-refractivity contribution in [3.05, 3.63) is 70.0 Å². The van der Waals surface area contributed by atoms with Gasteiger partial charge in [-0.25, -0.2) is 4.39 Å². The maximum atomic E-state index is 13.3. The molecule has 2 aromatic carbocycles. The van der Waals surface area contributed by atoms with E-state index in [0.29, 0.717) is 5.56 Å². The Morgan fingerprint density at radius 1 is 1.04 bits per heavy atom. The highest BCUT2D eigenvalue weighted by molar-refractivity contribution is 5.83. The lowest BCUT2D eigenvalue weighted by Crippen LogP contribution is -2.44. The summed E-state index contributed by atoms with van der Waals surface area (Å²) in [6.07, 6.45) is -0.0769. The fourth-order valence-electron chi connectivity index (χ4n) is 1.85. The minimum atomic E-state index is -0.666. The Kier molecular flexibility index (Phi) is 5.99. The van der Waals surface area contributed by atoms with Gasteiger partial charge >= 0.3 is 0 Å². The number of rotatable bonds is 6. The van der Waals surface area contributed by atoms with Crippen molar-refractivity contribution in [3.8, 4) is 5.75 Å². The Balaban J connectivity index is 1.74. The van der Waals surface area contributed by atoms with E-state index in [1.165, 1.54) is 42.5 Å². The number of hydrazine groups is 1. The van der Waals surface area contributed by atoms with Crippen LogP contribution in [0, 0.1) is 15.9 Å². The third-order valence-electron chi connectivity index (χ3n) is 3.05. The molecule has 0 aliphatic heterocycles. The number of hydrogen-bond acceptors (Lipinski definition) is 5. The van der Waals surface area contributed by atoms with Crippen LogP contribution in [-0.2, 0) is 16.0 Å². The number of nitrogens with one attached hydrogen (secondary N) is 2. The number of carbonyl (C=O) groups excluding carboxylic acids is 2. The van der Waals surface area contributed by atoms with Crippen molar-refractivity contribution < 1.29 is 23.6 Å². The van der Waals surface area contributed by atoms with E-state index in [1.54, 1.807) is 6.07 Å². The zero-order chi connectivity index (χ0) is 18.2. The van der Waals surface area contributed by atoms with Gasteiger partial charge in [-0.15, -0.1) is 0 Å². The van der Waals surface area contributed by atoms with Gasteiger partial charge in [-0.05, 0) is 17.7 Å². The summed E-state index contributed by atoms with van der Waals surface area (Å²) in [5, 5.41) is 10.5. The lowest BCUT2D eigenvalue weighted by atomic mass is 10.1. The molecule has 8 nitrogen and oxygen atoms in total. The van der Waals surface area contributed by atoms with Gasteiger partial charge < -0.3 is 4.74 Å². The number of nitrogens with zero attached hydrogens (tertiary/aromatic N) is 1. The number of ether oxygens (including phenoxy) is 1. The predicted octanol–water partition coefficient (Wildman–Crippen LogP) is 1.50. The van der Waals surface area contributed by atoms with E-state index in [-0.39, 0.29) is 17.9 Å². The van der Waals surface area contributed by atoms with Gasteiger partial charge in [0.15, 0.2) is 18.2 Å². The van der Waals surface area contributed by atoms with Crippen LogP contribution in [-0.4, -0.2) is 23.3 Å². The van der Waals surface area contributed by atoms with Gasteiger partial charge in [0.25, 0.3) is 11.6 Å². The third kappa shape index (κ3) is 5.57. The minimum Gasteiger partial charge on any atom is -0.481 e. The largest absolute Gasteiger partial charge is 0.481 e. The van der Waals surface area contributed by atoms with Crippen molar-refractivity contribution in [2.24, 2.45) is 0 Å². The van der Waals surface area contributed by atoms with E-state index in [1.807, 2.05) is 0 Å². The summed E-state index contributed by atoms with van der Waals surface area (Å²) in [6, 6.07) is 11.1. The Morgan fingerprint density at radius 2 is 1.68 bits per heavy atom. The molecule has 2 N–H and O–H groups in total. The maximum Gasteiger partial charge on any atom is 0.276 e. The van der Waals surface area contributed by atoms with Crippen molar-refractivity contribution in [1.29, 1.82) is 0 Å². The van der Waals surface area contributed by atoms with E-state index < -0.39 is 29.2 Å². The fourth-order valence-corrected chi connectivity index (χ4v) is 1.85. The van der Waals surface area contributed by atoms with Crippen LogP contribution >= 0.6 is 0 Å². The fraction of sp³-hybridized carbons (Fsp3) is 0.125. The van der Waals surface area contributed by atoms with E-state index in [9.17, 15) is 24.1 Å². The molecule has 0 heterocycles. The number of nitro groups is 1. The van der Waals surface area contributed by atoms with E-state index >= 15 is 0 Å². The van der Waals surface area contributed by atoms with Crippen LogP contribution < -0.4 is 15.6 Å². The first-order valence-corrected chi connectivity index (χ1v) is 7.14. The van der Waals surface area contributed by atoms with Crippen LogP contribution in [0.1, 0.15) is 5.56 Å². The van der Waals surface area contributed by atoms with Crippen molar-refractivity contribution in [1.82, 2.24) is 10.9 Å². The molecule has 0 saturated carbocycles. The highest BCUT2D eigenvalue weighted by atomic mass is 19.1. The molecule has 9 heteroatoms. The van der Waals surface area contributed by atoms with E-state index in [4.69, 9.17) is 4.74 Å². The van der Waals surface area contributed by atoms with Gasteiger partial charge in [0, 0.05) is 12.1 Å². The molecule has 0 radical (unpaired) electrons. The second kappa shape index (κ2) is 8.39. The first kappa shape index (κ1) is 17.9. The van der Waals surface area contributed by atoms with Crippen LogP contribution in [0.15, 0.2) is 48.5 Å². The molecule has 0 aliphatic carbocycles. The average Bonchev–Trinajstić information content (AvgIpc) is 2.59. The predicted molar refractivity (Wildman–Crippen MR) is 85.0 cm³/mol. The van der Waals surface area contributed by atoms with Crippen molar-refractivity contribution in [3.63, 3.8) is 0 Å². The summed E-state index contributed by atoms with van der Waals surface area (Å²) in [5.41, 5.74) is 4.76. The zero-order valence-corrected chi connectivity index (χ0v) is 12.9. The first-order valence-electron chi connectivity index (χ1n) is 7.14. The summed E-state index contributed by atoms with van der Waals surface area (Å²) in [6.45, 7) is -0.473. The standard InChI is InChI=1S/C16H14FN3O5/c17-13-3-1-2-4-14(13)25-10-16(22)19-18-15(21)9-11-5-7-12(8-6-11)20(23)24/h1-8H,9-10H2,(H,18,21)(H,19,22). The van der Waals surface area contributed by atoms with Gasteiger partial charge in [0.05, 0.1) is 11.3 Å². The average molecular weight is 347 g/mol. The summed E-state index contributed by atoms with van der Waals surface area (Å²) in [5.74, 6) is -1.86. The summed E-state index contributed by atoms with van der Waals surface area (Å²) in [4.78, 5) is 33.3. The number of para-hydroxylation sites is 1. The van der Waals surface area contributed by atoms with Crippen LogP contribution in [0.3, 0.4) is 0 Å². The van der Waals surface area contributed by atoms with Gasteiger partial charge in [-0.1, -0.05) is 24.3 Å². The Morgan fingerprint density at radius 3 is 2.32 bits per heavy atom. The van der Waals surface area contributed by atoms with Crippen LogP contribution in [0.5, 0.6) is 5.75 Å². The number of nitro benzene ring substituents is 1. The Bertz CT molecular complexity index is 780. The second-order valence-corrected chi connectivity index (χ2v) is 4.92. The molecule has 2 aromatic rings. The zero-order valence-electron chi connectivity index (χ0n) is 12.9. The Labute approximate surface area is 141 Å². The SMILES string of the molecule is O=C(COc1ccccc1F)NNC(=O)Cc1ccc([N+](=O)[O-])cc1. The normalized spacial score (nSPS) is 9.96. The van der Waals surface area contributed by atoms with Crippen LogP contribution in [0.4, 0.5) is 10.1 Å². The lowest BCUT2D eigenvalue weighted by Gasteiger charge is -2.09. The van der Waals surface area contributed by atoms with Crippen molar-refractivity contribution in [2.45, 2.75) is 6.42 Å². The topological polar surface area (TPSA) is 111 Å². The molecule has 2 amide bonds. The van der Waals surface area contributed by atoms with Gasteiger partial charge in [0.1, 0.15) is 0 Å². The van der Waals surface area contributed by atoms with Gasteiger partial charge in [-0.3, -0.25) is 30.6 Å². The van der Waals surface area contributed by atoms with Crippen molar-refractivity contribution in [2.75, 3.05) is 6.61 Å². The number of carbonyl (C=O) groups is 2. The van der Waals surface area contributed by atoms with Crippen molar-refractivity contribution >= 4 is 17.5 Å². The highest BCUT2D eigenvalue weighted by Crippen LogP contribution is 2.15. The molecule has 0 aromatic heterocycles. The summed E-state index contributed by atoms with van der Waals surface area (Å²) in [7, 11) is 0. The third-order valence-corrected chi connectivity index (χ3v) is 3.05. The smallest absolute Gasteiger partial charge is 0.276 e. The molecule has 0 aliphatic rings. The van der Waals surface area contributed by atoms with Gasteiger partial charge in [0.2, 0.25) is 5.91 Å². The first-order chi connectivity index (χ1) is 12.0. The van der Waals surface area contributed by atoms with Crippen LogP contribution in [0.2, 0.25) is 0 Å². The monoisotopic (exact) mass is 347 g/mol. The van der Waals surface area contributed by atoms with E-state index in [2.05, 4.69) is 10.9 Å². The number of hydrogen-bond donors (Lipinski definition) is 2. The molecule has 0 bridgehead atoms. The summed E-state index contributed by atoms with van der Waals surface area (Å²) >= 11 is 0. The molecule has 0 saturated heterocycles. The van der Waals surface area contributed by atoms with Gasteiger partial charge in [-0.2, -0.15) is 0 Å². The quantitative estimate of drug-likeness (QED) is 0.608. The summed E-state index contributed by atoms with van der Waals surface area (Å²) < 4.78 is 18.3. The molecule has 0 unspecified atom stereocenters. The Hall–Kier alpha value is -3.49. The molecule has 130 valence electrons. The molecular formula is C16H14FN3O5. The second-order valence-electron chi connectivity index (χ2n) is 4.92. The molecule has 0 fully saturated rings.